The summed E-state index contributed by atoms with van der Waals surface area (Å²) in [5.41, 5.74) is 4.13. The van der Waals surface area contributed by atoms with Crippen molar-refractivity contribution in [2.24, 2.45) is 0 Å². The van der Waals surface area contributed by atoms with Gasteiger partial charge in [-0.3, -0.25) is 4.79 Å². The normalized spacial score (nSPS) is 10.5. The van der Waals surface area contributed by atoms with Gasteiger partial charge < -0.3 is 20.6 Å². The Morgan fingerprint density at radius 3 is 2.74 bits per heavy atom. The molecule has 2 N–H and O–H groups in total. The van der Waals surface area contributed by atoms with Gasteiger partial charge in [-0.1, -0.05) is 0 Å². The number of pyridine rings is 1. The summed E-state index contributed by atoms with van der Waals surface area (Å²) in [5.74, 6) is -1.60. The number of halogens is 2. The Balaban J connectivity index is 3.22. The molecule has 0 atom stereocenters. The van der Waals surface area contributed by atoms with E-state index in [9.17, 15) is 23.7 Å². The summed E-state index contributed by atoms with van der Waals surface area (Å²) in [7, 11) is 0. The SMILES string of the molecule is CCOC(=O)Cc1c(N)cc(C(F)F)nc1[N+](=O)[O-]. The molecule has 9 heteroatoms. The zero-order valence-corrected chi connectivity index (χ0v) is 9.93. The number of ether oxygens (including phenoxy) is 1. The van der Waals surface area contributed by atoms with Crippen molar-refractivity contribution in [2.45, 2.75) is 19.8 Å². The maximum absolute atomic E-state index is 12.5. The molecule has 0 aliphatic heterocycles. The van der Waals surface area contributed by atoms with Crippen LogP contribution < -0.4 is 5.73 Å². The van der Waals surface area contributed by atoms with E-state index in [0.29, 0.717) is 0 Å². The van der Waals surface area contributed by atoms with Gasteiger partial charge in [-0.2, -0.15) is 0 Å². The number of carbonyl (C=O) groups excluding carboxylic acids is 1. The van der Waals surface area contributed by atoms with Crippen LogP contribution in [0.25, 0.3) is 0 Å². The Morgan fingerprint density at radius 2 is 2.26 bits per heavy atom. The van der Waals surface area contributed by atoms with Crippen LogP contribution in [-0.2, 0) is 16.0 Å². The second-order valence-corrected chi connectivity index (χ2v) is 3.48. The van der Waals surface area contributed by atoms with Crippen molar-refractivity contribution >= 4 is 17.5 Å². The average Bonchev–Trinajstić information content (AvgIpc) is 2.31. The van der Waals surface area contributed by atoms with E-state index in [4.69, 9.17) is 5.73 Å². The topological polar surface area (TPSA) is 108 Å². The van der Waals surface area contributed by atoms with E-state index in [0.717, 1.165) is 6.07 Å². The van der Waals surface area contributed by atoms with Crippen LogP contribution >= 0.6 is 0 Å². The highest BCUT2D eigenvalue weighted by Crippen LogP contribution is 2.28. The Hall–Kier alpha value is -2.32. The summed E-state index contributed by atoms with van der Waals surface area (Å²) in [6.07, 6.45) is -3.48. The Bertz CT molecular complexity index is 508. The molecule has 7 nitrogen and oxygen atoms in total. The van der Waals surface area contributed by atoms with E-state index in [1.165, 1.54) is 0 Å². The van der Waals surface area contributed by atoms with Crippen LogP contribution in [-0.4, -0.2) is 22.5 Å². The van der Waals surface area contributed by atoms with Crippen LogP contribution in [0.4, 0.5) is 20.3 Å². The van der Waals surface area contributed by atoms with Crippen molar-refractivity contribution < 1.29 is 23.2 Å². The van der Waals surface area contributed by atoms with Gasteiger partial charge in [-0.05, 0) is 16.8 Å². The highest BCUT2D eigenvalue weighted by Gasteiger charge is 2.27. The molecular weight excluding hydrogens is 264 g/mol. The van der Waals surface area contributed by atoms with E-state index in [-0.39, 0.29) is 17.9 Å². The van der Waals surface area contributed by atoms with E-state index in [2.05, 4.69) is 9.72 Å². The first kappa shape index (κ1) is 14.7. The number of anilines is 1. The van der Waals surface area contributed by atoms with Crippen LogP contribution in [0.15, 0.2) is 6.07 Å². The number of nitrogens with two attached hydrogens (primary N) is 1. The predicted octanol–water partition coefficient (Wildman–Crippen LogP) is 1.62. The van der Waals surface area contributed by atoms with Crippen LogP contribution in [0, 0.1) is 10.1 Å². The smallest absolute Gasteiger partial charge is 0.369 e. The molecule has 0 spiro atoms. The largest absolute Gasteiger partial charge is 0.466 e. The van der Waals surface area contributed by atoms with Crippen LogP contribution in [0.3, 0.4) is 0 Å². The molecule has 1 rings (SSSR count). The van der Waals surface area contributed by atoms with Gasteiger partial charge in [0, 0.05) is 11.8 Å². The first-order chi connectivity index (χ1) is 8.86. The van der Waals surface area contributed by atoms with E-state index in [1.54, 1.807) is 6.92 Å². The fourth-order valence-electron chi connectivity index (χ4n) is 1.40. The number of nitro groups is 1. The van der Waals surface area contributed by atoms with Crippen LogP contribution in [0.5, 0.6) is 0 Å². The molecule has 0 aliphatic rings. The molecular formula is C10H11F2N3O4. The lowest BCUT2D eigenvalue weighted by Crippen LogP contribution is -2.13. The Kier molecular flexibility index (Phi) is 4.67. The van der Waals surface area contributed by atoms with Gasteiger partial charge in [-0.15, -0.1) is 0 Å². The van der Waals surface area contributed by atoms with E-state index >= 15 is 0 Å². The number of carbonyl (C=O) groups is 1. The minimum Gasteiger partial charge on any atom is -0.466 e. The standard InChI is InChI=1S/C10H11F2N3O4/c1-2-19-8(16)3-5-6(13)4-7(9(11)12)14-10(5)15(17)18/h4,9H,2-3H2,1H3,(H2,13,14). The van der Waals surface area contributed by atoms with Gasteiger partial charge in [-0.25, -0.2) is 8.78 Å². The van der Waals surface area contributed by atoms with Crippen LogP contribution in [0.1, 0.15) is 24.6 Å². The van der Waals surface area contributed by atoms with Crippen molar-refractivity contribution in [3.05, 3.63) is 27.4 Å². The highest BCUT2D eigenvalue weighted by molar-refractivity contribution is 5.76. The molecule has 1 heterocycles. The van der Waals surface area contributed by atoms with Crippen molar-refractivity contribution in [3.8, 4) is 0 Å². The van der Waals surface area contributed by atoms with E-state index in [1.807, 2.05) is 0 Å². The van der Waals surface area contributed by atoms with Gasteiger partial charge >= 0.3 is 18.2 Å². The summed E-state index contributed by atoms with van der Waals surface area (Å²) in [5, 5.41) is 10.8. The third-order valence-corrected chi connectivity index (χ3v) is 2.18. The summed E-state index contributed by atoms with van der Waals surface area (Å²) >= 11 is 0. The summed E-state index contributed by atoms with van der Waals surface area (Å²) < 4.78 is 29.6. The molecule has 1 aromatic rings. The molecule has 19 heavy (non-hydrogen) atoms. The number of rotatable bonds is 5. The quantitative estimate of drug-likeness (QED) is 0.497. The summed E-state index contributed by atoms with van der Waals surface area (Å²) in [6.45, 7) is 1.66. The lowest BCUT2D eigenvalue weighted by Gasteiger charge is -2.07. The molecule has 0 aliphatic carbocycles. The molecule has 0 fully saturated rings. The number of nitrogen functional groups attached to an aromatic ring is 1. The summed E-state index contributed by atoms with van der Waals surface area (Å²) in [6, 6.07) is 0.812. The van der Waals surface area contributed by atoms with Gasteiger partial charge in [0.05, 0.1) is 18.6 Å². The predicted molar refractivity (Wildman–Crippen MR) is 60.6 cm³/mol. The monoisotopic (exact) mass is 275 g/mol. The number of alkyl halides is 2. The second kappa shape index (κ2) is 6.03. The third kappa shape index (κ3) is 3.57. The third-order valence-electron chi connectivity index (χ3n) is 2.18. The number of aromatic nitrogens is 1. The van der Waals surface area contributed by atoms with Gasteiger partial charge in [0.15, 0.2) is 0 Å². The number of hydrogen-bond acceptors (Lipinski definition) is 6. The maximum Gasteiger partial charge on any atom is 0.369 e. The fraction of sp³-hybridized carbons (Fsp3) is 0.400. The molecule has 1 aromatic heterocycles. The second-order valence-electron chi connectivity index (χ2n) is 3.48. The van der Waals surface area contributed by atoms with E-state index < -0.39 is 35.3 Å². The first-order valence-corrected chi connectivity index (χ1v) is 5.24. The number of esters is 1. The van der Waals surface area contributed by atoms with Crippen molar-refractivity contribution in [1.29, 1.82) is 0 Å². The van der Waals surface area contributed by atoms with Crippen LogP contribution in [0.2, 0.25) is 0 Å². The molecule has 0 amide bonds. The molecule has 0 saturated carbocycles. The molecule has 0 saturated heterocycles. The average molecular weight is 275 g/mol. The molecule has 0 aromatic carbocycles. The molecule has 0 unspecified atom stereocenters. The first-order valence-electron chi connectivity index (χ1n) is 5.24. The zero-order chi connectivity index (χ0) is 14.6. The minimum absolute atomic E-state index is 0.0923. The highest BCUT2D eigenvalue weighted by atomic mass is 19.3. The number of nitrogens with zero attached hydrogens (tertiary/aromatic N) is 2. The molecule has 104 valence electrons. The van der Waals surface area contributed by atoms with Gasteiger partial charge in [0.25, 0.3) is 0 Å². The van der Waals surface area contributed by atoms with Gasteiger partial charge in [0.2, 0.25) is 5.69 Å². The summed E-state index contributed by atoms with van der Waals surface area (Å²) in [4.78, 5) is 24.3. The van der Waals surface area contributed by atoms with Crippen molar-refractivity contribution in [3.63, 3.8) is 0 Å². The zero-order valence-electron chi connectivity index (χ0n) is 9.93. The van der Waals surface area contributed by atoms with Crippen molar-refractivity contribution in [1.82, 2.24) is 4.98 Å². The Labute approximate surface area is 106 Å². The van der Waals surface area contributed by atoms with Gasteiger partial charge in [0.1, 0.15) is 0 Å². The minimum atomic E-state index is -2.99. The van der Waals surface area contributed by atoms with Crippen molar-refractivity contribution in [2.75, 3.05) is 12.3 Å². The lowest BCUT2D eigenvalue weighted by atomic mass is 10.1. The fourth-order valence-corrected chi connectivity index (χ4v) is 1.40. The Morgan fingerprint density at radius 1 is 1.63 bits per heavy atom. The maximum atomic E-state index is 12.5. The lowest BCUT2D eigenvalue weighted by molar-refractivity contribution is -0.390. The number of hydrogen-bond donors (Lipinski definition) is 1. The molecule has 0 radical (unpaired) electrons. The molecule has 0 bridgehead atoms.